The van der Waals surface area contributed by atoms with Gasteiger partial charge in [0.2, 0.25) is 11.8 Å². The number of piperidine rings is 1. The number of nitrogens with zero attached hydrogens (tertiary/aromatic N) is 1. The predicted octanol–water partition coefficient (Wildman–Crippen LogP) is 4.76. The molecular formula is C39H34Br3ClFN3O16. The van der Waals surface area contributed by atoms with Crippen LogP contribution in [0.15, 0.2) is 68.0 Å². The van der Waals surface area contributed by atoms with E-state index in [-0.39, 0.29) is 70.6 Å². The number of rotatable bonds is 3. The average Bonchev–Trinajstić information content (AvgIpc) is 3.65. The number of cyclic esters (lactones) is 2. The van der Waals surface area contributed by atoms with Crippen molar-refractivity contribution in [2.75, 3.05) is 0 Å². The van der Waals surface area contributed by atoms with Crippen molar-refractivity contribution in [1.82, 2.24) is 10.2 Å². The van der Waals surface area contributed by atoms with Gasteiger partial charge >= 0.3 is 35.8 Å². The summed E-state index contributed by atoms with van der Waals surface area (Å²) in [6.07, 6.45) is 1.10. The Hall–Kier alpha value is -5.88. The number of aromatic carboxylic acids is 2. The van der Waals surface area contributed by atoms with Crippen LogP contribution in [0.4, 0.5) is 4.72 Å². The van der Waals surface area contributed by atoms with Gasteiger partial charge in [-0.3, -0.25) is 53.3 Å². The lowest BCUT2D eigenvalue weighted by atomic mass is 9.92. The highest BCUT2D eigenvalue weighted by molar-refractivity contribution is 9.11. The summed E-state index contributed by atoms with van der Waals surface area (Å²) in [6, 6.07) is 12.8. The second-order valence-electron chi connectivity index (χ2n) is 12.6. The number of carboxylic acids is 2. The number of amides is 4. The highest BCUT2D eigenvalue weighted by atomic mass is 79.9. The molecule has 1 saturated heterocycles. The number of fused-ring (bicyclic) bond motifs is 2. The standard InChI is InChI=1S/C14H10BrNO4.C8H5BrO4.C8H3BrO3.C5H8N2O2.C4H6O3.ClH.FH/c15-9-3-1-2-8-12(9)14(20)16(13(8)19)10-5-4-7(17)6-11(10)18;9-5-3-1-2-4(7(10)11)6(5)8(12)13;9-5-3-1-2-4-6(5)8(11)12-7(4)10;6-3-1-2-4(8)7-5(3)9;1-3(5)7-4(2)6;;/h1-3,10H,4-6H2;1-3H,(H,10,11)(H,12,13);1-3H;3H,1-2,6H2,(H,7,8,9);1-2H3;2*1H/i/hT. The fraction of sp³-hybridized carbons (Fsp3) is 0.231. The molecule has 24 heteroatoms. The fourth-order valence-corrected chi connectivity index (χ4v) is 7.20. The van der Waals surface area contributed by atoms with E-state index in [0.717, 1.165) is 4.90 Å². The minimum atomic E-state index is -1.26. The average molecular weight is 1100 g/mol. The van der Waals surface area contributed by atoms with Gasteiger partial charge in [-0.15, -0.1) is 12.4 Å². The lowest BCUT2D eigenvalue weighted by Crippen LogP contribution is -2.48. The number of nitrogens with two attached hydrogens (primary N) is 1. The minimum absolute atomic E-state index is 0. The number of esters is 4. The van der Waals surface area contributed by atoms with E-state index in [2.05, 4.69) is 64.0 Å². The van der Waals surface area contributed by atoms with Crippen LogP contribution in [0.25, 0.3) is 0 Å². The van der Waals surface area contributed by atoms with Crippen LogP contribution in [0.1, 0.15) is 108 Å². The van der Waals surface area contributed by atoms with Crippen molar-refractivity contribution in [2.45, 2.75) is 58.0 Å². The molecule has 4 amide bonds. The molecule has 3 aromatic rings. The molecule has 2 fully saturated rings. The third-order valence-electron chi connectivity index (χ3n) is 8.30. The van der Waals surface area contributed by atoms with Gasteiger partial charge < -0.3 is 25.4 Å². The van der Waals surface area contributed by atoms with Gasteiger partial charge in [0.1, 0.15) is 5.78 Å². The Morgan fingerprint density at radius 2 is 1.30 bits per heavy atom. The number of nitrogens with one attached hydrogen (secondary N) is 1. The second-order valence-corrected chi connectivity index (χ2v) is 15.2. The van der Waals surface area contributed by atoms with Gasteiger partial charge in [0.05, 0.1) is 51.9 Å². The smallest absolute Gasteiger partial charge is 0.348 e. The third-order valence-corrected chi connectivity index (χ3v) is 10.3. The molecule has 0 spiro atoms. The lowest BCUT2D eigenvalue weighted by molar-refractivity contribution is -0.156. The van der Waals surface area contributed by atoms with Crippen LogP contribution in [0, 0.1) is 0 Å². The van der Waals surface area contributed by atoms with Crippen molar-refractivity contribution < 1.29 is 81.9 Å². The van der Waals surface area contributed by atoms with Gasteiger partial charge in [-0.1, -0.05) is 18.2 Å². The molecule has 1 aliphatic carbocycles. The van der Waals surface area contributed by atoms with E-state index in [1.165, 1.54) is 32.0 Å². The van der Waals surface area contributed by atoms with Gasteiger partial charge in [-0.25, -0.2) is 19.2 Å². The van der Waals surface area contributed by atoms with Gasteiger partial charge in [-0.2, -0.15) is 0 Å². The maximum Gasteiger partial charge on any atom is 0.348 e. The van der Waals surface area contributed by atoms with Crippen molar-refractivity contribution in [3.8, 4) is 0 Å². The van der Waals surface area contributed by atoms with Gasteiger partial charge in [-0.05, 0) is 97.0 Å². The summed E-state index contributed by atoms with van der Waals surface area (Å²) in [5, 5.41) is 19.5. The molecule has 5 N–H and O–H groups in total. The normalized spacial score (nSPS) is 16.8. The topological polar surface area (TPSA) is 305 Å². The number of carbonyl (C=O) groups is 12. The van der Waals surface area contributed by atoms with Crippen LogP contribution in [0.2, 0.25) is 0 Å². The summed E-state index contributed by atoms with van der Waals surface area (Å²) in [4.78, 5) is 133. The molecule has 63 heavy (non-hydrogen) atoms. The first-order valence-electron chi connectivity index (χ1n) is 17.7. The van der Waals surface area contributed by atoms with Crippen LogP contribution in [0.3, 0.4) is 0 Å². The first-order chi connectivity index (χ1) is 29.6. The molecular weight excluding hydrogens is 1060 g/mol. The number of imide groups is 2. The molecule has 7 rings (SSSR count). The highest BCUT2D eigenvalue weighted by Crippen LogP contribution is 2.33. The molecule has 4 aliphatic rings. The fourth-order valence-electron chi connectivity index (χ4n) is 5.60. The molecule has 2 unspecified atom stereocenters. The Balaban J connectivity index is 0.000000413. The summed E-state index contributed by atoms with van der Waals surface area (Å²) < 4.78 is 22.8. The molecule has 2 atom stereocenters. The van der Waals surface area contributed by atoms with E-state index >= 15 is 0 Å². The first kappa shape index (κ1) is 53.3. The summed E-state index contributed by atoms with van der Waals surface area (Å²) in [5.74, 6) is -6.78. The zero-order chi connectivity index (χ0) is 47.9. The largest absolute Gasteiger partial charge is 0.478 e. The molecule has 0 aromatic heterocycles. The van der Waals surface area contributed by atoms with Gasteiger partial charge in [0.15, 0.2) is 5.78 Å². The van der Waals surface area contributed by atoms with E-state index in [4.69, 9.17) is 20.7 Å². The number of carbonyl (C=O) groups excluding carboxylic acids is 10. The molecule has 3 aromatic carbocycles. The summed E-state index contributed by atoms with van der Waals surface area (Å²) in [6.45, 7) is 2.36. The number of ether oxygens (including phenoxy) is 2. The van der Waals surface area contributed by atoms with Crippen molar-refractivity contribution >= 4 is 131 Å². The summed E-state index contributed by atoms with van der Waals surface area (Å²) in [7, 11) is 0. The molecule has 336 valence electrons. The molecule has 0 bridgehead atoms. The molecule has 3 heterocycles. The van der Waals surface area contributed by atoms with E-state index < -0.39 is 59.7 Å². The number of benzene rings is 3. The quantitative estimate of drug-likeness (QED) is 0.156. The second kappa shape index (κ2) is 24.7. The summed E-state index contributed by atoms with van der Waals surface area (Å²) in [5.41, 5.74) is 6.07. The van der Waals surface area contributed by atoms with E-state index in [1.807, 2.05) is 0 Å². The Bertz CT molecular complexity index is 2390. The van der Waals surface area contributed by atoms with Gasteiger partial charge in [0, 0.05) is 40.1 Å². The monoisotopic (exact) mass is 1090 g/mol. The Morgan fingerprint density at radius 1 is 0.762 bits per heavy atom. The van der Waals surface area contributed by atoms with Crippen molar-refractivity contribution in [2.24, 2.45) is 5.73 Å². The number of ketones is 2. The van der Waals surface area contributed by atoms with E-state index in [0.29, 0.717) is 44.0 Å². The van der Waals surface area contributed by atoms with E-state index in [1.54, 1.807) is 36.4 Å². The van der Waals surface area contributed by atoms with Crippen LogP contribution < -0.4 is 11.1 Å². The number of hydrogen-bond donors (Lipinski definition) is 4. The Morgan fingerprint density at radius 3 is 1.75 bits per heavy atom. The molecule has 1 saturated carbocycles. The predicted molar refractivity (Wildman–Crippen MR) is 227 cm³/mol. The van der Waals surface area contributed by atoms with Crippen molar-refractivity contribution in [3.05, 3.63) is 101 Å². The third kappa shape index (κ3) is 14.6. The number of halogens is 5. The maximum atomic E-state index is 12.4. The van der Waals surface area contributed by atoms with E-state index in [9.17, 15) is 57.5 Å². The zero-order valence-corrected chi connectivity index (χ0v) is 38.0. The van der Waals surface area contributed by atoms with Crippen LogP contribution in [-0.4, -0.2) is 99.7 Å². The zero-order valence-electron chi connectivity index (χ0n) is 33.4. The van der Waals surface area contributed by atoms with Crippen molar-refractivity contribution in [3.63, 3.8) is 0 Å². The Labute approximate surface area is 388 Å². The maximum absolute atomic E-state index is 12.4. The SMILES string of the molecule is CC(=O)OC(C)=O.Cl.NC1CCC(=O)NC1=O.O=C(O)c1cccc(Br)c1C(=O)O.O=C1CCC(N2C(=O)c3cccc(Br)c3C2=O)C(=O)C1.O=C1OC(=O)c2c(Br)cccc21.[3H]F. The van der Waals surface area contributed by atoms with Gasteiger partial charge in [0.25, 0.3) is 13.3 Å². The van der Waals surface area contributed by atoms with Crippen molar-refractivity contribution in [1.29, 1.82) is 1.45 Å². The molecule has 19 nitrogen and oxygen atoms in total. The Kier molecular flexibility index (Phi) is 20.9. The number of hydrogen-bond acceptors (Lipinski definition) is 15. The number of carboxylic acid groups (broad SMARTS) is 2. The number of Topliss-reactive ketones (excluding diaryl/α,β-unsaturated/α-hetero) is 2. The van der Waals surface area contributed by atoms with Crippen LogP contribution >= 0.6 is 60.2 Å². The minimum Gasteiger partial charge on any atom is -0.478 e. The molecule has 0 radical (unpaired) electrons. The summed E-state index contributed by atoms with van der Waals surface area (Å²) >= 11 is 9.39. The van der Waals surface area contributed by atoms with Crippen LogP contribution in [0.5, 0.6) is 0 Å². The van der Waals surface area contributed by atoms with Crippen LogP contribution in [-0.2, 0) is 38.2 Å². The highest BCUT2D eigenvalue weighted by Gasteiger charge is 2.45. The first-order valence-corrected chi connectivity index (χ1v) is 19.7. The lowest BCUT2D eigenvalue weighted by Gasteiger charge is -2.27. The molecule has 3 aliphatic heterocycles.